The van der Waals surface area contributed by atoms with Gasteiger partial charge < -0.3 is 4.74 Å². The molecule has 0 rings (SSSR count). The average Bonchev–Trinajstić information content (AvgIpc) is 2.09. The molecule has 0 saturated heterocycles. The average molecular weight is 212 g/mol. The number of rotatable bonds is 7. The second-order valence-electron chi connectivity index (χ2n) is 4.63. The van der Waals surface area contributed by atoms with E-state index in [0.29, 0.717) is 24.9 Å². The Kier molecular flexibility index (Phi) is 8.06. The van der Waals surface area contributed by atoms with Crippen LogP contribution < -0.4 is 0 Å². The summed E-state index contributed by atoms with van der Waals surface area (Å²) in [7, 11) is 0. The fourth-order valence-electron chi connectivity index (χ4n) is 1.15. The SMILES string of the molecule is CC(C)/C=C/CCCOC(=O)CC(C)C. The molecule has 0 aliphatic rings. The summed E-state index contributed by atoms with van der Waals surface area (Å²) < 4.78 is 5.09. The van der Waals surface area contributed by atoms with Gasteiger partial charge in [-0.1, -0.05) is 39.8 Å². The van der Waals surface area contributed by atoms with Crippen molar-refractivity contribution in [3.63, 3.8) is 0 Å². The van der Waals surface area contributed by atoms with Crippen LogP contribution >= 0.6 is 0 Å². The molecule has 15 heavy (non-hydrogen) atoms. The number of esters is 1. The van der Waals surface area contributed by atoms with Crippen molar-refractivity contribution in [2.24, 2.45) is 11.8 Å². The van der Waals surface area contributed by atoms with Crippen LogP contribution in [0, 0.1) is 11.8 Å². The van der Waals surface area contributed by atoms with E-state index in [4.69, 9.17) is 4.74 Å². The summed E-state index contributed by atoms with van der Waals surface area (Å²) in [5.74, 6) is 0.921. The van der Waals surface area contributed by atoms with Crippen LogP contribution in [0.2, 0.25) is 0 Å². The Morgan fingerprint density at radius 1 is 1.27 bits per heavy atom. The van der Waals surface area contributed by atoms with Gasteiger partial charge in [0.15, 0.2) is 0 Å². The lowest BCUT2D eigenvalue weighted by molar-refractivity contribution is -0.144. The number of allylic oxidation sites excluding steroid dienone is 2. The number of unbranched alkanes of at least 4 members (excludes halogenated alkanes) is 1. The highest BCUT2D eigenvalue weighted by atomic mass is 16.5. The molecule has 0 spiro atoms. The van der Waals surface area contributed by atoms with Gasteiger partial charge in [0.1, 0.15) is 0 Å². The smallest absolute Gasteiger partial charge is 0.306 e. The van der Waals surface area contributed by atoms with E-state index in [1.54, 1.807) is 0 Å². The van der Waals surface area contributed by atoms with E-state index in [1.807, 2.05) is 13.8 Å². The molecule has 0 heterocycles. The molecule has 2 heteroatoms. The zero-order chi connectivity index (χ0) is 11.7. The highest BCUT2D eigenvalue weighted by molar-refractivity contribution is 5.69. The first kappa shape index (κ1) is 14.2. The third kappa shape index (κ3) is 11.1. The fraction of sp³-hybridized carbons (Fsp3) is 0.769. The Morgan fingerprint density at radius 3 is 2.47 bits per heavy atom. The molecule has 0 radical (unpaired) electrons. The molecule has 0 unspecified atom stereocenters. The lowest BCUT2D eigenvalue weighted by Gasteiger charge is -2.05. The molecular formula is C13H24O2. The van der Waals surface area contributed by atoms with Gasteiger partial charge in [-0.3, -0.25) is 4.79 Å². The van der Waals surface area contributed by atoms with Crippen molar-refractivity contribution in [1.29, 1.82) is 0 Å². The van der Waals surface area contributed by atoms with Crippen molar-refractivity contribution in [3.8, 4) is 0 Å². The van der Waals surface area contributed by atoms with Crippen molar-refractivity contribution in [2.45, 2.75) is 47.0 Å². The quantitative estimate of drug-likeness (QED) is 0.366. The highest BCUT2D eigenvalue weighted by Gasteiger charge is 2.04. The number of carbonyl (C=O) groups is 1. The molecule has 0 fully saturated rings. The van der Waals surface area contributed by atoms with Crippen molar-refractivity contribution in [3.05, 3.63) is 12.2 Å². The van der Waals surface area contributed by atoms with Crippen LogP contribution in [0.3, 0.4) is 0 Å². The van der Waals surface area contributed by atoms with E-state index < -0.39 is 0 Å². The van der Waals surface area contributed by atoms with Gasteiger partial charge in [-0.2, -0.15) is 0 Å². The van der Waals surface area contributed by atoms with Gasteiger partial charge in [0.25, 0.3) is 0 Å². The number of carbonyl (C=O) groups excluding carboxylic acids is 1. The molecule has 0 bridgehead atoms. The number of hydrogen-bond donors (Lipinski definition) is 0. The molecule has 0 amide bonds. The molecule has 0 saturated carbocycles. The molecule has 0 aromatic heterocycles. The summed E-state index contributed by atoms with van der Waals surface area (Å²) in [6.07, 6.45) is 6.78. The first-order chi connectivity index (χ1) is 7.02. The predicted octanol–water partition coefficient (Wildman–Crippen LogP) is 3.57. The standard InChI is InChI=1S/C13H24O2/c1-11(2)8-6-5-7-9-15-13(14)10-12(3)4/h6,8,11-12H,5,7,9-10H2,1-4H3/b8-6+. The zero-order valence-electron chi connectivity index (χ0n) is 10.5. The Bertz CT molecular complexity index is 193. The molecule has 0 aromatic rings. The summed E-state index contributed by atoms with van der Waals surface area (Å²) in [4.78, 5) is 11.2. The first-order valence-corrected chi connectivity index (χ1v) is 5.84. The van der Waals surface area contributed by atoms with Gasteiger partial charge in [-0.05, 0) is 24.7 Å². The van der Waals surface area contributed by atoms with Gasteiger partial charge in [0, 0.05) is 6.42 Å². The maximum atomic E-state index is 11.2. The van der Waals surface area contributed by atoms with E-state index in [1.165, 1.54) is 0 Å². The minimum Gasteiger partial charge on any atom is -0.466 e. The lowest BCUT2D eigenvalue weighted by atomic mass is 10.1. The molecule has 0 atom stereocenters. The summed E-state index contributed by atoms with van der Waals surface area (Å²) in [6.45, 7) is 8.89. The maximum Gasteiger partial charge on any atom is 0.306 e. The zero-order valence-corrected chi connectivity index (χ0v) is 10.5. The molecule has 88 valence electrons. The molecule has 2 nitrogen and oxygen atoms in total. The van der Waals surface area contributed by atoms with Crippen molar-refractivity contribution in [2.75, 3.05) is 6.61 Å². The summed E-state index contributed by atoms with van der Waals surface area (Å²) in [5, 5.41) is 0. The van der Waals surface area contributed by atoms with E-state index in [0.717, 1.165) is 12.8 Å². The minimum absolute atomic E-state index is 0.0714. The molecule has 0 aliphatic heterocycles. The molecular weight excluding hydrogens is 188 g/mol. The summed E-state index contributed by atoms with van der Waals surface area (Å²) in [6, 6.07) is 0. The topological polar surface area (TPSA) is 26.3 Å². The number of hydrogen-bond acceptors (Lipinski definition) is 2. The van der Waals surface area contributed by atoms with E-state index in [-0.39, 0.29) is 5.97 Å². The van der Waals surface area contributed by atoms with Crippen LogP contribution in [0.15, 0.2) is 12.2 Å². The predicted molar refractivity (Wildman–Crippen MR) is 63.6 cm³/mol. The van der Waals surface area contributed by atoms with Gasteiger partial charge in [-0.15, -0.1) is 0 Å². The van der Waals surface area contributed by atoms with Gasteiger partial charge in [0.2, 0.25) is 0 Å². The maximum absolute atomic E-state index is 11.2. The third-order valence-electron chi connectivity index (χ3n) is 1.87. The van der Waals surface area contributed by atoms with Gasteiger partial charge in [-0.25, -0.2) is 0 Å². The second kappa shape index (κ2) is 8.51. The molecule has 0 aromatic carbocycles. The molecule has 0 N–H and O–H groups in total. The van der Waals surface area contributed by atoms with Crippen LogP contribution in [-0.2, 0) is 9.53 Å². The second-order valence-corrected chi connectivity index (χ2v) is 4.63. The van der Waals surface area contributed by atoms with Crippen LogP contribution in [0.25, 0.3) is 0 Å². The van der Waals surface area contributed by atoms with Crippen molar-refractivity contribution in [1.82, 2.24) is 0 Å². The Balaban J connectivity index is 3.35. The first-order valence-electron chi connectivity index (χ1n) is 5.84. The Hall–Kier alpha value is -0.790. The van der Waals surface area contributed by atoms with E-state index >= 15 is 0 Å². The van der Waals surface area contributed by atoms with Crippen molar-refractivity contribution >= 4 is 5.97 Å². The number of ether oxygens (including phenoxy) is 1. The van der Waals surface area contributed by atoms with E-state index in [2.05, 4.69) is 26.0 Å². The Labute approximate surface area is 93.7 Å². The third-order valence-corrected chi connectivity index (χ3v) is 1.87. The van der Waals surface area contributed by atoms with Gasteiger partial charge in [0.05, 0.1) is 6.61 Å². The van der Waals surface area contributed by atoms with Crippen LogP contribution in [0.4, 0.5) is 0 Å². The van der Waals surface area contributed by atoms with Crippen molar-refractivity contribution < 1.29 is 9.53 Å². The Morgan fingerprint density at radius 2 is 1.93 bits per heavy atom. The van der Waals surface area contributed by atoms with Crippen LogP contribution in [0.5, 0.6) is 0 Å². The minimum atomic E-state index is -0.0714. The highest BCUT2D eigenvalue weighted by Crippen LogP contribution is 2.02. The monoisotopic (exact) mass is 212 g/mol. The van der Waals surface area contributed by atoms with Crippen LogP contribution in [0.1, 0.15) is 47.0 Å². The fourth-order valence-corrected chi connectivity index (χ4v) is 1.15. The molecule has 0 aliphatic carbocycles. The van der Waals surface area contributed by atoms with Crippen LogP contribution in [-0.4, -0.2) is 12.6 Å². The lowest BCUT2D eigenvalue weighted by Crippen LogP contribution is -2.08. The van der Waals surface area contributed by atoms with E-state index in [9.17, 15) is 4.79 Å². The summed E-state index contributed by atoms with van der Waals surface area (Å²) in [5.41, 5.74) is 0. The van der Waals surface area contributed by atoms with Gasteiger partial charge >= 0.3 is 5.97 Å². The summed E-state index contributed by atoms with van der Waals surface area (Å²) >= 11 is 0. The largest absolute Gasteiger partial charge is 0.466 e. The normalized spacial score (nSPS) is 11.6.